The third-order valence-corrected chi connectivity index (χ3v) is 5.61. The summed E-state index contributed by atoms with van der Waals surface area (Å²) in [6.07, 6.45) is 5.08. The molecule has 0 amide bonds. The van der Waals surface area contributed by atoms with E-state index in [1.54, 1.807) is 0 Å². The fraction of sp³-hybridized carbons (Fsp3) is 0.714. The summed E-state index contributed by atoms with van der Waals surface area (Å²) in [5.74, 6) is -1.60. The van der Waals surface area contributed by atoms with Gasteiger partial charge in [0.05, 0.1) is 31.2 Å². The lowest BCUT2D eigenvalue weighted by molar-refractivity contribution is -0.160. The molecule has 4 aliphatic rings. The van der Waals surface area contributed by atoms with Gasteiger partial charge in [-0.25, -0.2) is 0 Å². The molecular formula is C14H16O5. The summed E-state index contributed by atoms with van der Waals surface area (Å²) >= 11 is 0. The third-order valence-electron chi connectivity index (χ3n) is 5.61. The molecule has 5 heteroatoms. The number of hydrogen-bond donors (Lipinski definition) is 1. The molecule has 8 unspecified atom stereocenters. The summed E-state index contributed by atoms with van der Waals surface area (Å²) in [4.78, 5) is 23.5. The van der Waals surface area contributed by atoms with Crippen molar-refractivity contribution in [2.75, 3.05) is 7.11 Å². The van der Waals surface area contributed by atoms with E-state index in [1.165, 1.54) is 7.11 Å². The van der Waals surface area contributed by atoms with Gasteiger partial charge in [0.25, 0.3) is 0 Å². The van der Waals surface area contributed by atoms with E-state index in [2.05, 4.69) is 12.2 Å². The van der Waals surface area contributed by atoms with Crippen molar-refractivity contribution in [1.29, 1.82) is 0 Å². The Hall–Kier alpha value is -1.36. The molecular weight excluding hydrogens is 248 g/mol. The van der Waals surface area contributed by atoms with E-state index in [1.807, 2.05) is 0 Å². The average Bonchev–Trinajstić information content (AvgIpc) is 3.12. The maximum absolute atomic E-state index is 12.0. The Kier molecular flexibility index (Phi) is 2.17. The summed E-state index contributed by atoms with van der Waals surface area (Å²) in [6.45, 7) is 0. The number of rotatable bonds is 2. The van der Waals surface area contributed by atoms with Gasteiger partial charge in [-0.05, 0) is 30.1 Å². The molecule has 5 nitrogen and oxygen atoms in total. The Morgan fingerprint density at radius 2 is 1.74 bits per heavy atom. The molecule has 2 aliphatic carbocycles. The molecule has 8 atom stereocenters. The van der Waals surface area contributed by atoms with Crippen molar-refractivity contribution in [3.8, 4) is 0 Å². The molecule has 102 valence electrons. The minimum absolute atomic E-state index is 0.0524. The number of hydrogen-bond acceptors (Lipinski definition) is 4. The number of ether oxygens (including phenoxy) is 2. The van der Waals surface area contributed by atoms with Gasteiger partial charge in [-0.15, -0.1) is 0 Å². The number of fused-ring (bicyclic) bond motifs is 9. The maximum Gasteiger partial charge on any atom is 0.309 e. The first-order valence-electron chi connectivity index (χ1n) is 6.78. The highest BCUT2D eigenvalue weighted by Crippen LogP contribution is 2.65. The second-order valence-electron chi connectivity index (χ2n) is 6.08. The molecule has 4 bridgehead atoms. The molecule has 2 saturated carbocycles. The summed E-state index contributed by atoms with van der Waals surface area (Å²) in [6, 6.07) is 0. The van der Waals surface area contributed by atoms with Gasteiger partial charge in [0.2, 0.25) is 0 Å². The average molecular weight is 264 g/mol. The van der Waals surface area contributed by atoms with Gasteiger partial charge in [-0.1, -0.05) is 12.2 Å². The molecule has 0 aromatic heterocycles. The zero-order valence-electron chi connectivity index (χ0n) is 10.6. The van der Waals surface area contributed by atoms with Crippen LogP contribution in [-0.4, -0.2) is 36.4 Å². The first-order chi connectivity index (χ1) is 9.13. The zero-order valence-corrected chi connectivity index (χ0v) is 10.6. The fourth-order valence-electron chi connectivity index (χ4n) is 5.15. The van der Waals surface area contributed by atoms with Crippen LogP contribution in [0.25, 0.3) is 0 Å². The molecule has 19 heavy (non-hydrogen) atoms. The normalized spacial score (nSPS) is 52.5. The third kappa shape index (κ3) is 1.24. The highest BCUT2D eigenvalue weighted by molar-refractivity contribution is 5.83. The van der Waals surface area contributed by atoms with Crippen LogP contribution in [0.3, 0.4) is 0 Å². The molecule has 4 rings (SSSR count). The van der Waals surface area contributed by atoms with E-state index in [0.717, 1.165) is 6.42 Å². The second kappa shape index (κ2) is 3.60. The minimum Gasteiger partial charge on any atom is -0.481 e. The van der Waals surface area contributed by atoms with Crippen LogP contribution in [0.2, 0.25) is 0 Å². The van der Waals surface area contributed by atoms with Crippen molar-refractivity contribution in [2.24, 2.45) is 35.5 Å². The van der Waals surface area contributed by atoms with Crippen LogP contribution < -0.4 is 0 Å². The molecule has 0 aromatic rings. The lowest BCUT2D eigenvalue weighted by Crippen LogP contribution is -2.45. The highest BCUT2D eigenvalue weighted by atomic mass is 16.5. The van der Waals surface area contributed by atoms with Crippen LogP contribution in [0.5, 0.6) is 0 Å². The number of esters is 1. The largest absolute Gasteiger partial charge is 0.481 e. The summed E-state index contributed by atoms with van der Waals surface area (Å²) in [5.41, 5.74) is 0. The van der Waals surface area contributed by atoms with Crippen molar-refractivity contribution >= 4 is 11.9 Å². The Morgan fingerprint density at radius 3 is 2.26 bits per heavy atom. The Morgan fingerprint density at radius 1 is 1.16 bits per heavy atom. The van der Waals surface area contributed by atoms with Gasteiger partial charge < -0.3 is 14.6 Å². The van der Waals surface area contributed by atoms with Gasteiger partial charge in [-0.2, -0.15) is 0 Å². The van der Waals surface area contributed by atoms with Crippen molar-refractivity contribution in [3.63, 3.8) is 0 Å². The smallest absolute Gasteiger partial charge is 0.309 e. The van der Waals surface area contributed by atoms with Gasteiger partial charge >= 0.3 is 11.9 Å². The molecule has 3 fully saturated rings. The van der Waals surface area contributed by atoms with E-state index < -0.39 is 17.8 Å². The van der Waals surface area contributed by atoms with Crippen molar-refractivity contribution in [3.05, 3.63) is 12.2 Å². The van der Waals surface area contributed by atoms with Crippen molar-refractivity contribution < 1.29 is 24.2 Å². The summed E-state index contributed by atoms with van der Waals surface area (Å²) in [5, 5.41) is 9.47. The molecule has 1 N–H and O–H groups in total. The molecule has 0 aromatic carbocycles. The number of methoxy groups -OCH3 is 1. The van der Waals surface area contributed by atoms with E-state index in [4.69, 9.17) is 9.47 Å². The predicted molar refractivity (Wildman–Crippen MR) is 63.0 cm³/mol. The topological polar surface area (TPSA) is 72.8 Å². The fourth-order valence-corrected chi connectivity index (χ4v) is 5.15. The quantitative estimate of drug-likeness (QED) is 0.587. The lowest BCUT2D eigenvalue weighted by atomic mass is 9.65. The van der Waals surface area contributed by atoms with Crippen LogP contribution in [0, 0.1) is 35.5 Å². The van der Waals surface area contributed by atoms with Crippen LogP contribution in [-0.2, 0) is 19.1 Å². The minimum atomic E-state index is -0.867. The molecule has 1 saturated heterocycles. The molecule has 2 heterocycles. The number of carbonyl (C=O) groups is 2. The predicted octanol–water partition coefficient (Wildman–Crippen LogP) is 0.696. The van der Waals surface area contributed by atoms with Crippen molar-refractivity contribution in [1.82, 2.24) is 0 Å². The highest BCUT2D eigenvalue weighted by Gasteiger charge is 2.68. The number of carbonyl (C=O) groups excluding carboxylic acids is 1. The Balaban J connectivity index is 1.73. The SMILES string of the molecule is COC(=O)C1C2CC(C1C(=O)O)C1C3C=CC(O3)C21. The summed E-state index contributed by atoms with van der Waals surface area (Å²) in [7, 11) is 1.34. The van der Waals surface area contributed by atoms with Crippen LogP contribution >= 0.6 is 0 Å². The van der Waals surface area contributed by atoms with Crippen LogP contribution in [0.15, 0.2) is 12.2 Å². The van der Waals surface area contributed by atoms with Gasteiger partial charge in [0.15, 0.2) is 0 Å². The van der Waals surface area contributed by atoms with Gasteiger partial charge in [0, 0.05) is 0 Å². The van der Waals surface area contributed by atoms with Crippen LogP contribution in [0.1, 0.15) is 6.42 Å². The maximum atomic E-state index is 12.0. The van der Waals surface area contributed by atoms with Gasteiger partial charge in [0.1, 0.15) is 0 Å². The monoisotopic (exact) mass is 264 g/mol. The van der Waals surface area contributed by atoms with E-state index in [0.29, 0.717) is 5.92 Å². The number of aliphatic carboxylic acids is 1. The standard InChI is InChI=1S/C14H16O5/c1-18-14(17)12-6-4-5(11(12)13(15)16)9-7-2-3-8(19-7)10(6)9/h2-3,5-12H,4H2,1H3,(H,15,16). The van der Waals surface area contributed by atoms with Crippen molar-refractivity contribution in [2.45, 2.75) is 18.6 Å². The van der Waals surface area contributed by atoms with E-state index in [9.17, 15) is 14.7 Å². The first-order valence-corrected chi connectivity index (χ1v) is 6.78. The van der Waals surface area contributed by atoms with Gasteiger partial charge in [-0.3, -0.25) is 9.59 Å². The van der Waals surface area contributed by atoms with E-state index >= 15 is 0 Å². The number of carboxylic acid groups (broad SMARTS) is 1. The van der Waals surface area contributed by atoms with E-state index in [-0.39, 0.29) is 35.9 Å². The zero-order chi connectivity index (χ0) is 13.3. The number of carboxylic acids is 1. The molecule has 2 aliphatic heterocycles. The lowest BCUT2D eigenvalue weighted by Gasteiger charge is -2.36. The second-order valence-corrected chi connectivity index (χ2v) is 6.08. The van der Waals surface area contributed by atoms with Crippen LogP contribution in [0.4, 0.5) is 0 Å². The first kappa shape index (κ1) is 11.5. The summed E-state index contributed by atoms with van der Waals surface area (Å²) < 4.78 is 10.7. The Bertz CT molecular complexity index is 484. The Labute approximate surface area is 110 Å². The molecule has 0 radical (unpaired) electrons. The molecule has 0 spiro atoms.